The summed E-state index contributed by atoms with van der Waals surface area (Å²) in [4.78, 5) is 0. The van der Waals surface area contributed by atoms with E-state index >= 15 is 0 Å². The highest BCUT2D eigenvalue weighted by molar-refractivity contribution is 7.89. The predicted octanol–water partition coefficient (Wildman–Crippen LogP) is 2.04. The first kappa shape index (κ1) is 15.9. The Morgan fingerprint density at radius 1 is 1.28 bits per heavy atom. The number of hydrogen-bond donors (Lipinski definition) is 2. The van der Waals surface area contributed by atoms with Crippen LogP contribution in [-0.4, -0.2) is 31.4 Å². The molecule has 1 saturated carbocycles. The topological polar surface area (TPSA) is 66.4 Å². The Labute approximate surface area is 111 Å². The summed E-state index contributed by atoms with van der Waals surface area (Å²) in [6.45, 7) is 4.31. The Kier molecular flexibility index (Phi) is 6.08. The van der Waals surface area contributed by atoms with E-state index in [1.165, 1.54) is 0 Å². The summed E-state index contributed by atoms with van der Waals surface area (Å²) < 4.78 is 25.9. The van der Waals surface area contributed by atoms with Crippen LogP contribution < -0.4 is 4.72 Å². The molecule has 0 aliphatic heterocycles. The molecule has 108 valence electrons. The van der Waals surface area contributed by atoms with Crippen LogP contribution in [0.2, 0.25) is 0 Å². The van der Waals surface area contributed by atoms with Crippen LogP contribution in [0.1, 0.15) is 58.8 Å². The van der Waals surface area contributed by atoms with Crippen molar-refractivity contribution >= 4 is 10.0 Å². The van der Waals surface area contributed by atoms with Gasteiger partial charge in [-0.15, -0.1) is 0 Å². The van der Waals surface area contributed by atoms with E-state index in [2.05, 4.69) is 11.6 Å². The Hall–Kier alpha value is -0.130. The maximum atomic E-state index is 11.7. The maximum absolute atomic E-state index is 11.7. The maximum Gasteiger partial charge on any atom is 0.211 e. The molecule has 4 nitrogen and oxygen atoms in total. The summed E-state index contributed by atoms with van der Waals surface area (Å²) in [6.07, 6.45) is 6.12. The fourth-order valence-corrected chi connectivity index (χ4v) is 3.75. The number of hydrogen-bond acceptors (Lipinski definition) is 3. The van der Waals surface area contributed by atoms with Gasteiger partial charge in [0, 0.05) is 6.54 Å². The molecule has 0 atom stereocenters. The minimum Gasteiger partial charge on any atom is -0.389 e. The van der Waals surface area contributed by atoms with Gasteiger partial charge in [0.1, 0.15) is 0 Å². The van der Waals surface area contributed by atoms with Crippen LogP contribution in [0.3, 0.4) is 0 Å². The molecule has 0 radical (unpaired) electrons. The molecular formula is C13H27NO3S. The first-order chi connectivity index (χ1) is 8.41. The smallest absolute Gasteiger partial charge is 0.211 e. The molecular weight excluding hydrogens is 250 g/mol. The zero-order chi connectivity index (χ0) is 13.6. The van der Waals surface area contributed by atoms with Gasteiger partial charge in [0.25, 0.3) is 0 Å². The zero-order valence-corrected chi connectivity index (χ0v) is 12.4. The van der Waals surface area contributed by atoms with Crippen molar-refractivity contribution in [1.29, 1.82) is 0 Å². The molecule has 2 N–H and O–H groups in total. The highest BCUT2D eigenvalue weighted by Crippen LogP contribution is 2.33. The van der Waals surface area contributed by atoms with Gasteiger partial charge >= 0.3 is 0 Å². The first-order valence-corrected chi connectivity index (χ1v) is 8.76. The molecule has 1 fully saturated rings. The third kappa shape index (κ3) is 5.24. The average molecular weight is 277 g/mol. The lowest BCUT2D eigenvalue weighted by molar-refractivity contribution is -0.00442. The largest absolute Gasteiger partial charge is 0.389 e. The highest BCUT2D eigenvalue weighted by Gasteiger charge is 2.33. The highest BCUT2D eigenvalue weighted by atomic mass is 32.2. The summed E-state index contributed by atoms with van der Waals surface area (Å²) >= 11 is 0. The average Bonchev–Trinajstić information content (AvgIpc) is 2.36. The van der Waals surface area contributed by atoms with E-state index in [1.807, 2.05) is 6.92 Å². The molecule has 0 aromatic carbocycles. The van der Waals surface area contributed by atoms with Crippen molar-refractivity contribution in [3.05, 3.63) is 0 Å². The van der Waals surface area contributed by atoms with Crippen molar-refractivity contribution in [3.63, 3.8) is 0 Å². The monoisotopic (exact) mass is 277 g/mol. The molecule has 0 aromatic rings. The second kappa shape index (κ2) is 6.87. The Morgan fingerprint density at radius 2 is 1.89 bits per heavy atom. The lowest BCUT2D eigenvalue weighted by Crippen LogP contribution is -2.45. The number of nitrogens with one attached hydrogen (secondary N) is 1. The third-order valence-corrected chi connectivity index (χ3v) is 5.41. The number of sulfonamides is 1. The molecule has 0 spiro atoms. The molecule has 0 bridgehead atoms. The van der Waals surface area contributed by atoms with Crippen molar-refractivity contribution in [2.24, 2.45) is 5.92 Å². The summed E-state index contributed by atoms with van der Waals surface area (Å²) in [5, 5.41) is 10.3. The van der Waals surface area contributed by atoms with Crippen LogP contribution in [0.5, 0.6) is 0 Å². The van der Waals surface area contributed by atoms with Gasteiger partial charge < -0.3 is 5.11 Å². The van der Waals surface area contributed by atoms with Crippen molar-refractivity contribution in [2.45, 2.75) is 64.4 Å². The lowest BCUT2D eigenvalue weighted by atomic mass is 9.78. The van der Waals surface area contributed by atoms with Gasteiger partial charge in [-0.25, -0.2) is 13.1 Å². The quantitative estimate of drug-likeness (QED) is 0.748. The van der Waals surface area contributed by atoms with Crippen LogP contribution in [0.25, 0.3) is 0 Å². The minimum atomic E-state index is -3.21. The Bertz CT molecular complexity index is 332. The van der Waals surface area contributed by atoms with Crippen molar-refractivity contribution in [1.82, 2.24) is 4.72 Å². The van der Waals surface area contributed by atoms with E-state index in [-0.39, 0.29) is 12.3 Å². The first-order valence-electron chi connectivity index (χ1n) is 7.10. The SMILES string of the molecule is CCCCS(=O)(=O)NCC1(O)CCC(CC)CC1. The Morgan fingerprint density at radius 3 is 2.39 bits per heavy atom. The zero-order valence-electron chi connectivity index (χ0n) is 11.6. The van der Waals surface area contributed by atoms with Gasteiger partial charge in [-0.1, -0.05) is 26.7 Å². The normalized spacial score (nSPS) is 29.4. The molecule has 0 aromatic heterocycles. The Balaban J connectivity index is 2.38. The van der Waals surface area contributed by atoms with Gasteiger partial charge in [0.05, 0.1) is 11.4 Å². The van der Waals surface area contributed by atoms with E-state index in [1.54, 1.807) is 0 Å². The molecule has 0 unspecified atom stereocenters. The van der Waals surface area contributed by atoms with Crippen LogP contribution in [0.15, 0.2) is 0 Å². The van der Waals surface area contributed by atoms with Gasteiger partial charge in [0.2, 0.25) is 10.0 Å². The van der Waals surface area contributed by atoms with Gasteiger partial charge in [0.15, 0.2) is 0 Å². The summed E-state index contributed by atoms with van der Waals surface area (Å²) in [5.74, 6) is 0.860. The number of aliphatic hydroxyl groups is 1. The van der Waals surface area contributed by atoms with E-state index in [0.29, 0.717) is 25.2 Å². The van der Waals surface area contributed by atoms with Crippen molar-refractivity contribution in [3.8, 4) is 0 Å². The second-order valence-electron chi connectivity index (χ2n) is 5.57. The van der Waals surface area contributed by atoms with Crippen molar-refractivity contribution < 1.29 is 13.5 Å². The van der Waals surface area contributed by atoms with E-state index < -0.39 is 15.6 Å². The standard InChI is InChI=1S/C13H27NO3S/c1-3-5-10-18(16,17)14-11-13(15)8-6-12(4-2)7-9-13/h12,14-15H,3-11H2,1-2H3. The predicted molar refractivity (Wildman–Crippen MR) is 73.9 cm³/mol. The molecule has 0 amide bonds. The number of unbranched alkanes of at least 4 members (excludes halogenated alkanes) is 1. The van der Waals surface area contributed by atoms with E-state index in [4.69, 9.17) is 0 Å². The summed E-state index contributed by atoms with van der Waals surface area (Å²) in [6, 6.07) is 0. The molecule has 0 saturated heterocycles. The van der Waals surface area contributed by atoms with E-state index in [0.717, 1.165) is 25.7 Å². The van der Waals surface area contributed by atoms with Crippen LogP contribution >= 0.6 is 0 Å². The number of rotatable bonds is 7. The van der Waals surface area contributed by atoms with Crippen LogP contribution in [0, 0.1) is 5.92 Å². The van der Waals surface area contributed by atoms with E-state index in [9.17, 15) is 13.5 Å². The summed E-state index contributed by atoms with van der Waals surface area (Å²) in [7, 11) is -3.21. The summed E-state index contributed by atoms with van der Waals surface area (Å²) in [5.41, 5.74) is -0.828. The third-order valence-electron chi connectivity index (χ3n) is 4.00. The fourth-order valence-electron chi connectivity index (χ4n) is 2.45. The lowest BCUT2D eigenvalue weighted by Gasteiger charge is -2.35. The minimum absolute atomic E-state index is 0.164. The second-order valence-corrected chi connectivity index (χ2v) is 7.50. The van der Waals surface area contributed by atoms with Crippen molar-refractivity contribution in [2.75, 3.05) is 12.3 Å². The molecule has 1 rings (SSSR count). The fraction of sp³-hybridized carbons (Fsp3) is 1.00. The molecule has 1 aliphatic rings. The molecule has 18 heavy (non-hydrogen) atoms. The van der Waals surface area contributed by atoms with Gasteiger partial charge in [-0.3, -0.25) is 0 Å². The molecule has 0 heterocycles. The van der Waals surface area contributed by atoms with Crippen LogP contribution in [-0.2, 0) is 10.0 Å². The molecule has 1 aliphatic carbocycles. The van der Waals surface area contributed by atoms with Gasteiger partial charge in [-0.2, -0.15) is 0 Å². The molecule has 5 heteroatoms. The van der Waals surface area contributed by atoms with Gasteiger partial charge in [-0.05, 0) is 38.0 Å². The van der Waals surface area contributed by atoms with Crippen LogP contribution in [0.4, 0.5) is 0 Å².